The summed E-state index contributed by atoms with van der Waals surface area (Å²) < 4.78 is 10.5. The quantitative estimate of drug-likeness (QED) is 0.744. The van der Waals surface area contributed by atoms with Crippen LogP contribution in [-0.4, -0.2) is 31.6 Å². The van der Waals surface area contributed by atoms with Crippen LogP contribution in [0, 0.1) is 23.2 Å². The maximum Gasteiger partial charge on any atom is 0.338 e. The molecule has 0 radical (unpaired) electrons. The zero-order valence-corrected chi connectivity index (χ0v) is 16.0. The van der Waals surface area contributed by atoms with Crippen molar-refractivity contribution in [3.05, 3.63) is 29.8 Å². The maximum absolute atomic E-state index is 12.2. The summed E-state index contributed by atoms with van der Waals surface area (Å²) in [5.41, 5.74) is 0.719. The zero-order chi connectivity index (χ0) is 18.9. The Hall–Kier alpha value is -2.04. The van der Waals surface area contributed by atoms with E-state index in [1.54, 1.807) is 24.3 Å². The smallest absolute Gasteiger partial charge is 0.338 e. The predicted molar refractivity (Wildman–Crippen MR) is 102 cm³/mol. The zero-order valence-electron chi connectivity index (χ0n) is 16.0. The number of ether oxygens (including phenoxy) is 2. The summed E-state index contributed by atoms with van der Waals surface area (Å²) in [5, 5.41) is 3.04. The molecule has 1 aromatic rings. The summed E-state index contributed by atoms with van der Waals surface area (Å²) in [7, 11) is 0. The molecule has 1 amide bonds. The number of carbonyl (C=O) groups is 2. The van der Waals surface area contributed by atoms with E-state index in [1.165, 1.54) is 38.5 Å². The highest BCUT2D eigenvalue weighted by Gasteiger charge is 2.50. The topological polar surface area (TPSA) is 64.6 Å². The van der Waals surface area contributed by atoms with Crippen molar-refractivity contribution in [2.75, 3.05) is 19.8 Å². The molecule has 0 unspecified atom stereocenters. The lowest BCUT2D eigenvalue weighted by Gasteiger charge is -2.56. The molecule has 5 rings (SSSR count). The molecule has 0 atom stereocenters. The van der Waals surface area contributed by atoms with Crippen LogP contribution >= 0.6 is 0 Å². The maximum atomic E-state index is 12.2. The summed E-state index contributed by atoms with van der Waals surface area (Å²) in [6.45, 7) is 2.99. The summed E-state index contributed by atoms with van der Waals surface area (Å²) >= 11 is 0. The lowest BCUT2D eigenvalue weighted by Crippen LogP contribution is -2.51. The molecule has 0 heterocycles. The Labute approximate surface area is 160 Å². The largest absolute Gasteiger partial charge is 0.494 e. The van der Waals surface area contributed by atoms with Crippen molar-refractivity contribution >= 4 is 11.9 Å². The Morgan fingerprint density at radius 1 is 1.04 bits per heavy atom. The van der Waals surface area contributed by atoms with Gasteiger partial charge >= 0.3 is 5.97 Å². The standard InChI is InChI=1S/C22H29NO4/c1-2-26-19-5-3-18(4-6-19)21(25)27-13-20(24)23-14-22-10-15-7-16(11-22)9-17(8-15)12-22/h3-6,15-17H,2,7-14H2,1H3,(H,23,24). The van der Waals surface area contributed by atoms with Gasteiger partial charge in [-0.1, -0.05) is 0 Å². The first-order valence-electron chi connectivity index (χ1n) is 10.2. The fraction of sp³-hybridized carbons (Fsp3) is 0.636. The van der Waals surface area contributed by atoms with Gasteiger partial charge in [0.25, 0.3) is 5.91 Å². The van der Waals surface area contributed by atoms with E-state index in [1.807, 2.05) is 6.92 Å². The predicted octanol–water partition coefficient (Wildman–Crippen LogP) is 3.57. The van der Waals surface area contributed by atoms with Gasteiger partial charge in [0.15, 0.2) is 6.61 Å². The van der Waals surface area contributed by atoms with E-state index in [-0.39, 0.29) is 12.5 Å². The molecule has 0 aliphatic heterocycles. The molecule has 0 spiro atoms. The Balaban J connectivity index is 1.23. The van der Waals surface area contributed by atoms with E-state index in [2.05, 4.69) is 5.32 Å². The van der Waals surface area contributed by atoms with E-state index < -0.39 is 5.97 Å². The Kier molecular flexibility index (Phi) is 5.11. The van der Waals surface area contributed by atoms with Crippen molar-refractivity contribution in [1.29, 1.82) is 0 Å². The molecule has 1 aromatic carbocycles. The highest BCUT2D eigenvalue weighted by molar-refractivity contribution is 5.91. The molecule has 4 aliphatic carbocycles. The molecule has 27 heavy (non-hydrogen) atoms. The molecule has 4 saturated carbocycles. The number of amides is 1. The monoisotopic (exact) mass is 371 g/mol. The number of rotatable bonds is 7. The van der Waals surface area contributed by atoms with Gasteiger partial charge in [-0.3, -0.25) is 4.79 Å². The van der Waals surface area contributed by atoms with Crippen molar-refractivity contribution in [2.24, 2.45) is 23.2 Å². The molecule has 0 aromatic heterocycles. The third-order valence-corrected chi connectivity index (χ3v) is 6.56. The second-order valence-electron chi connectivity index (χ2n) is 8.73. The van der Waals surface area contributed by atoms with Gasteiger partial charge in [0.2, 0.25) is 0 Å². The van der Waals surface area contributed by atoms with Gasteiger partial charge in [-0.05, 0) is 92.9 Å². The van der Waals surface area contributed by atoms with Crippen LogP contribution in [0.5, 0.6) is 5.75 Å². The van der Waals surface area contributed by atoms with E-state index in [9.17, 15) is 9.59 Å². The third kappa shape index (κ3) is 4.12. The fourth-order valence-corrected chi connectivity index (χ4v) is 5.91. The SMILES string of the molecule is CCOc1ccc(C(=O)OCC(=O)NCC23CC4CC(CC(C4)C2)C3)cc1. The van der Waals surface area contributed by atoms with Crippen LogP contribution in [0.3, 0.4) is 0 Å². The summed E-state index contributed by atoms with van der Waals surface area (Å²) in [5.74, 6) is 2.62. The molecule has 5 heteroatoms. The van der Waals surface area contributed by atoms with E-state index in [0.717, 1.165) is 24.3 Å². The highest BCUT2D eigenvalue weighted by atomic mass is 16.5. The molecule has 146 valence electrons. The van der Waals surface area contributed by atoms with Crippen LogP contribution in [0.25, 0.3) is 0 Å². The average molecular weight is 371 g/mol. The first-order chi connectivity index (χ1) is 13.0. The normalized spacial score (nSPS) is 30.8. The second-order valence-corrected chi connectivity index (χ2v) is 8.73. The van der Waals surface area contributed by atoms with Crippen molar-refractivity contribution < 1.29 is 19.1 Å². The third-order valence-electron chi connectivity index (χ3n) is 6.56. The summed E-state index contributed by atoms with van der Waals surface area (Å²) in [4.78, 5) is 24.3. The van der Waals surface area contributed by atoms with Gasteiger partial charge < -0.3 is 14.8 Å². The van der Waals surface area contributed by atoms with Crippen molar-refractivity contribution in [2.45, 2.75) is 45.4 Å². The molecule has 0 saturated heterocycles. The van der Waals surface area contributed by atoms with Gasteiger partial charge in [-0.2, -0.15) is 0 Å². The van der Waals surface area contributed by atoms with E-state index in [0.29, 0.717) is 23.3 Å². The molecule has 4 fully saturated rings. The van der Waals surface area contributed by atoms with Gasteiger partial charge in [-0.15, -0.1) is 0 Å². The van der Waals surface area contributed by atoms with Crippen LogP contribution in [0.4, 0.5) is 0 Å². The van der Waals surface area contributed by atoms with E-state index in [4.69, 9.17) is 9.47 Å². The Bertz CT molecular complexity index is 661. The first kappa shape index (κ1) is 18.3. The van der Waals surface area contributed by atoms with Gasteiger partial charge in [0.1, 0.15) is 5.75 Å². The second kappa shape index (κ2) is 7.53. The lowest BCUT2D eigenvalue weighted by molar-refractivity contribution is -0.126. The van der Waals surface area contributed by atoms with Crippen LogP contribution in [0.15, 0.2) is 24.3 Å². The minimum Gasteiger partial charge on any atom is -0.494 e. The lowest BCUT2D eigenvalue weighted by atomic mass is 9.49. The molecule has 5 nitrogen and oxygen atoms in total. The van der Waals surface area contributed by atoms with Crippen molar-refractivity contribution in [1.82, 2.24) is 5.32 Å². The fourth-order valence-electron chi connectivity index (χ4n) is 5.91. The van der Waals surface area contributed by atoms with Crippen LogP contribution in [0.1, 0.15) is 55.8 Å². The minimum absolute atomic E-state index is 0.204. The minimum atomic E-state index is -0.483. The summed E-state index contributed by atoms with van der Waals surface area (Å²) in [6.07, 6.45) is 7.95. The average Bonchev–Trinajstić information content (AvgIpc) is 2.64. The molecule has 4 bridgehead atoms. The number of nitrogens with one attached hydrogen (secondary N) is 1. The molecular weight excluding hydrogens is 342 g/mol. The van der Waals surface area contributed by atoms with Gasteiger partial charge in [-0.25, -0.2) is 4.79 Å². The number of carbonyl (C=O) groups excluding carboxylic acids is 2. The first-order valence-corrected chi connectivity index (χ1v) is 10.2. The highest BCUT2D eigenvalue weighted by Crippen LogP contribution is 2.59. The van der Waals surface area contributed by atoms with Gasteiger partial charge in [0.05, 0.1) is 12.2 Å². The molecular formula is C22H29NO4. The van der Waals surface area contributed by atoms with E-state index >= 15 is 0 Å². The number of benzene rings is 1. The molecule has 4 aliphatic rings. The number of hydrogen-bond acceptors (Lipinski definition) is 4. The van der Waals surface area contributed by atoms with Crippen LogP contribution < -0.4 is 10.1 Å². The Morgan fingerprint density at radius 2 is 1.63 bits per heavy atom. The van der Waals surface area contributed by atoms with Crippen molar-refractivity contribution in [3.63, 3.8) is 0 Å². The summed E-state index contributed by atoms with van der Waals surface area (Å²) in [6, 6.07) is 6.77. The molecule has 1 N–H and O–H groups in total. The Morgan fingerprint density at radius 3 is 2.19 bits per heavy atom. The van der Waals surface area contributed by atoms with Crippen LogP contribution in [0.2, 0.25) is 0 Å². The van der Waals surface area contributed by atoms with Crippen molar-refractivity contribution in [3.8, 4) is 5.75 Å². The van der Waals surface area contributed by atoms with Crippen LogP contribution in [-0.2, 0) is 9.53 Å². The van der Waals surface area contributed by atoms with Gasteiger partial charge in [0, 0.05) is 6.54 Å². The number of hydrogen-bond donors (Lipinski definition) is 1. The number of esters is 1.